The number of hydrogen-bond acceptors (Lipinski definition) is 4. The van der Waals surface area contributed by atoms with E-state index in [1.807, 2.05) is 25.2 Å². The van der Waals surface area contributed by atoms with E-state index in [4.69, 9.17) is 11.6 Å². The smallest absolute Gasteiger partial charge is 0.191 e. The second-order valence-corrected chi connectivity index (χ2v) is 7.77. The molecular formula is C20H34ClIN6. The number of halogens is 2. The highest BCUT2D eigenvalue weighted by molar-refractivity contribution is 14.0. The Balaban J connectivity index is 0.00000280. The highest BCUT2D eigenvalue weighted by Crippen LogP contribution is 2.23. The average molecular weight is 521 g/mol. The summed E-state index contributed by atoms with van der Waals surface area (Å²) in [7, 11) is 1.85. The summed E-state index contributed by atoms with van der Waals surface area (Å²) in [6.45, 7) is 12.1. The number of piperazine rings is 1. The minimum atomic E-state index is 0. The lowest BCUT2D eigenvalue weighted by Crippen LogP contribution is -2.50. The van der Waals surface area contributed by atoms with E-state index in [9.17, 15) is 0 Å². The van der Waals surface area contributed by atoms with Crippen molar-refractivity contribution in [2.75, 3.05) is 70.9 Å². The Kier molecular flexibility index (Phi) is 10.1. The summed E-state index contributed by atoms with van der Waals surface area (Å²) in [6, 6.07) is 8.50. The van der Waals surface area contributed by atoms with E-state index in [1.165, 1.54) is 31.9 Å². The molecule has 6 nitrogen and oxygen atoms in total. The molecule has 0 radical (unpaired) electrons. The van der Waals surface area contributed by atoms with Gasteiger partial charge in [-0.25, -0.2) is 0 Å². The van der Waals surface area contributed by atoms with Crippen LogP contribution in [0.4, 0.5) is 5.69 Å². The van der Waals surface area contributed by atoms with Crippen LogP contribution in [0.3, 0.4) is 0 Å². The van der Waals surface area contributed by atoms with Crippen LogP contribution in [0, 0.1) is 0 Å². The maximum absolute atomic E-state index is 6.13. The fraction of sp³-hybridized carbons (Fsp3) is 0.650. The zero-order chi connectivity index (χ0) is 19.1. The quantitative estimate of drug-likeness (QED) is 0.343. The molecule has 2 aliphatic rings. The molecule has 8 heteroatoms. The van der Waals surface area contributed by atoms with Crippen molar-refractivity contribution in [3.63, 3.8) is 0 Å². The molecule has 2 heterocycles. The van der Waals surface area contributed by atoms with Crippen LogP contribution in [0.15, 0.2) is 29.3 Å². The Bertz CT molecular complexity index is 620. The van der Waals surface area contributed by atoms with Gasteiger partial charge >= 0.3 is 0 Å². The van der Waals surface area contributed by atoms with Gasteiger partial charge < -0.3 is 20.4 Å². The first-order valence-corrected chi connectivity index (χ1v) is 10.5. The lowest BCUT2D eigenvalue weighted by Gasteiger charge is -2.34. The summed E-state index contributed by atoms with van der Waals surface area (Å²) >= 11 is 6.13. The number of hydrogen-bond donors (Lipinski definition) is 2. The molecule has 1 unspecified atom stereocenters. The number of nitrogens with one attached hydrogen (secondary N) is 2. The minimum absolute atomic E-state index is 0. The molecular weight excluding hydrogens is 487 g/mol. The van der Waals surface area contributed by atoms with Crippen molar-refractivity contribution in [3.8, 4) is 0 Å². The van der Waals surface area contributed by atoms with Gasteiger partial charge in [-0.05, 0) is 31.2 Å². The van der Waals surface area contributed by atoms with Crippen molar-refractivity contribution in [1.29, 1.82) is 0 Å². The Morgan fingerprint density at radius 1 is 1.18 bits per heavy atom. The summed E-state index contributed by atoms with van der Waals surface area (Å²) in [6.07, 6.45) is 1.10. The molecule has 2 N–H and O–H groups in total. The topological polar surface area (TPSA) is 46.1 Å². The van der Waals surface area contributed by atoms with Crippen molar-refractivity contribution >= 4 is 47.2 Å². The van der Waals surface area contributed by atoms with Gasteiger partial charge in [0.25, 0.3) is 0 Å². The maximum Gasteiger partial charge on any atom is 0.191 e. The molecule has 2 fully saturated rings. The van der Waals surface area contributed by atoms with Crippen LogP contribution in [0.2, 0.25) is 5.02 Å². The van der Waals surface area contributed by atoms with Gasteiger partial charge in [0, 0.05) is 76.2 Å². The van der Waals surface area contributed by atoms with Gasteiger partial charge in [-0.1, -0.05) is 24.6 Å². The lowest BCUT2D eigenvalue weighted by atomic mass is 10.2. The molecule has 158 valence electrons. The van der Waals surface area contributed by atoms with Crippen molar-refractivity contribution < 1.29 is 0 Å². The van der Waals surface area contributed by atoms with Crippen molar-refractivity contribution in [2.45, 2.75) is 19.4 Å². The van der Waals surface area contributed by atoms with E-state index in [2.05, 4.69) is 43.3 Å². The van der Waals surface area contributed by atoms with Gasteiger partial charge in [0.15, 0.2) is 5.96 Å². The predicted molar refractivity (Wildman–Crippen MR) is 131 cm³/mol. The molecule has 2 aliphatic heterocycles. The van der Waals surface area contributed by atoms with Crippen LogP contribution in [-0.2, 0) is 0 Å². The van der Waals surface area contributed by atoms with Crippen molar-refractivity contribution in [3.05, 3.63) is 29.3 Å². The highest BCUT2D eigenvalue weighted by atomic mass is 127. The van der Waals surface area contributed by atoms with Crippen LogP contribution < -0.4 is 15.5 Å². The summed E-state index contributed by atoms with van der Waals surface area (Å²) in [5.74, 6) is 0.903. The average Bonchev–Trinajstić information content (AvgIpc) is 3.16. The first kappa shape index (κ1) is 23.5. The van der Waals surface area contributed by atoms with Gasteiger partial charge in [-0.3, -0.25) is 9.89 Å². The number of nitrogens with zero attached hydrogens (tertiary/aromatic N) is 4. The molecule has 0 saturated carbocycles. The number of anilines is 1. The summed E-state index contributed by atoms with van der Waals surface area (Å²) < 4.78 is 0. The Labute approximate surface area is 191 Å². The molecule has 1 aromatic rings. The van der Waals surface area contributed by atoms with Crippen molar-refractivity contribution in [1.82, 2.24) is 20.4 Å². The molecule has 2 saturated heterocycles. The fourth-order valence-electron chi connectivity index (χ4n) is 3.83. The Morgan fingerprint density at radius 3 is 2.61 bits per heavy atom. The SMILES string of the molecule is CCN1CCN(CCNC(=NC)NC2CCN(c3cccc(Cl)c3)C2)CC1.I. The fourth-order valence-corrected chi connectivity index (χ4v) is 4.02. The first-order valence-electron chi connectivity index (χ1n) is 10.1. The van der Waals surface area contributed by atoms with Gasteiger partial charge in [-0.2, -0.15) is 0 Å². The van der Waals surface area contributed by atoms with Gasteiger partial charge in [0.2, 0.25) is 0 Å². The van der Waals surface area contributed by atoms with E-state index in [-0.39, 0.29) is 24.0 Å². The van der Waals surface area contributed by atoms with Crippen molar-refractivity contribution in [2.24, 2.45) is 4.99 Å². The standard InChI is InChI=1S/C20H33ClN6.HI/c1-3-25-11-13-26(14-12-25)10-8-23-20(22-2)24-18-7-9-27(16-18)19-6-4-5-17(21)15-19;/h4-6,15,18H,3,7-14,16H2,1-2H3,(H2,22,23,24);1H. The molecule has 1 aromatic carbocycles. The summed E-state index contributed by atoms with van der Waals surface area (Å²) in [5, 5.41) is 7.84. The van der Waals surface area contributed by atoms with Crippen LogP contribution in [-0.4, -0.2) is 87.8 Å². The molecule has 0 aliphatic carbocycles. The van der Waals surface area contributed by atoms with E-state index < -0.39 is 0 Å². The van der Waals surface area contributed by atoms with Crippen LogP contribution in [0.1, 0.15) is 13.3 Å². The molecule has 28 heavy (non-hydrogen) atoms. The molecule has 1 atom stereocenters. The number of benzene rings is 1. The van der Waals surface area contributed by atoms with Crippen LogP contribution >= 0.6 is 35.6 Å². The second kappa shape index (κ2) is 12.0. The molecule has 0 spiro atoms. The molecule has 0 bridgehead atoms. The van der Waals surface area contributed by atoms with E-state index in [0.717, 1.165) is 50.1 Å². The number of likely N-dealkylation sites (N-methyl/N-ethyl adjacent to an activating group) is 1. The number of rotatable bonds is 6. The van der Waals surface area contributed by atoms with E-state index in [1.54, 1.807) is 0 Å². The Hall–Kier alpha value is -0.770. The maximum atomic E-state index is 6.13. The van der Waals surface area contributed by atoms with Gasteiger partial charge in [-0.15, -0.1) is 24.0 Å². The second-order valence-electron chi connectivity index (χ2n) is 7.33. The molecule has 3 rings (SSSR count). The monoisotopic (exact) mass is 520 g/mol. The third kappa shape index (κ3) is 6.93. The third-order valence-electron chi connectivity index (χ3n) is 5.56. The zero-order valence-corrected chi connectivity index (χ0v) is 20.1. The zero-order valence-electron chi connectivity index (χ0n) is 17.0. The molecule has 0 aromatic heterocycles. The summed E-state index contributed by atoms with van der Waals surface area (Å²) in [4.78, 5) is 11.8. The Morgan fingerprint density at radius 2 is 1.93 bits per heavy atom. The van der Waals surface area contributed by atoms with E-state index in [0.29, 0.717) is 6.04 Å². The third-order valence-corrected chi connectivity index (χ3v) is 5.79. The van der Waals surface area contributed by atoms with E-state index >= 15 is 0 Å². The largest absolute Gasteiger partial charge is 0.369 e. The summed E-state index contributed by atoms with van der Waals surface area (Å²) in [5.41, 5.74) is 1.20. The highest BCUT2D eigenvalue weighted by Gasteiger charge is 2.23. The normalized spacial score (nSPS) is 21.5. The first-order chi connectivity index (χ1) is 13.2. The van der Waals surface area contributed by atoms with Gasteiger partial charge in [0.05, 0.1) is 0 Å². The minimum Gasteiger partial charge on any atom is -0.369 e. The molecule has 0 amide bonds. The number of guanidine groups is 1. The van der Waals surface area contributed by atoms with Crippen LogP contribution in [0.25, 0.3) is 0 Å². The predicted octanol–water partition coefficient (Wildman–Crippen LogP) is 2.34. The lowest BCUT2D eigenvalue weighted by molar-refractivity contribution is 0.139. The van der Waals surface area contributed by atoms with Gasteiger partial charge in [0.1, 0.15) is 0 Å². The number of aliphatic imine (C=N–C) groups is 1. The van der Waals surface area contributed by atoms with Crippen LogP contribution in [0.5, 0.6) is 0 Å².